The summed E-state index contributed by atoms with van der Waals surface area (Å²) in [5.41, 5.74) is 1.48. The molecule has 1 fully saturated rings. The lowest BCUT2D eigenvalue weighted by atomic mass is 10.2. The number of carbonyl (C=O) groups is 2. The quantitative estimate of drug-likeness (QED) is 0.474. The van der Waals surface area contributed by atoms with Crippen molar-refractivity contribution in [1.29, 1.82) is 0 Å². The summed E-state index contributed by atoms with van der Waals surface area (Å²) in [6, 6.07) is 13.5. The number of nitrogens with zero attached hydrogens (tertiary/aromatic N) is 2. The molecule has 2 aromatic carbocycles. The number of sulfonamides is 1. The van der Waals surface area contributed by atoms with E-state index in [1.165, 1.54) is 41.8 Å². The summed E-state index contributed by atoms with van der Waals surface area (Å²) in [6.45, 7) is -0.421. The lowest BCUT2D eigenvalue weighted by molar-refractivity contribution is -0.141. The topological polar surface area (TPSA) is 125 Å². The van der Waals surface area contributed by atoms with Crippen LogP contribution in [0.1, 0.15) is 0 Å². The second kappa shape index (κ2) is 9.88. The number of carbonyl (C=O) groups excluding carboxylic acids is 2. The molecule has 1 aliphatic heterocycles. The van der Waals surface area contributed by atoms with Gasteiger partial charge in [-0.3, -0.25) is 14.8 Å². The Morgan fingerprint density at radius 3 is 2.32 bits per heavy atom. The van der Waals surface area contributed by atoms with Crippen molar-refractivity contribution in [2.45, 2.75) is 10.9 Å². The molecule has 1 atom stereocenters. The number of hydrogen-bond acceptors (Lipinski definition) is 7. The maximum absolute atomic E-state index is 13.2. The van der Waals surface area contributed by atoms with Crippen LogP contribution in [0.4, 0.5) is 0 Å². The zero-order valence-electron chi connectivity index (χ0n) is 16.8. The predicted molar refractivity (Wildman–Crippen MR) is 109 cm³/mol. The largest absolute Gasteiger partial charge is 0.457 e. The van der Waals surface area contributed by atoms with Crippen LogP contribution in [-0.4, -0.2) is 74.0 Å². The first-order valence-electron chi connectivity index (χ1n) is 9.42. The molecule has 31 heavy (non-hydrogen) atoms. The minimum absolute atomic E-state index is 0.0414. The van der Waals surface area contributed by atoms with E-state index in [-0.39, 0.29) is 37.0 Å². The third kappa shape index (κ3) is 5.20. The summed E-state index contributed by atoms with van der Waals surface area (Å²) in [5.74, 6) is -0.250. The van der Waals surface area contributed by atoms with Crippen molar-refractivity contribution in [3.05, 3.63) is 54.6 Å². The molecule has 2 amide bonds. The van der Waals surface area contributed by atoms with Gasteiger partial charge in [-0.1, -0.05) is 18.2 Å². The SMILES string of the molecule is COCC(=O)N1CCN(S(=O)(=O)c2ccc(Oc3ccccc3)cc2)C(C(=O)NO)C1. The van der Waals surface area contributed by atoms with E-state index in [1.807, 2.05) is 18.2 Å². The van der Waals surface area contributed by atoms with Crippen molar-refractivity contribution in [2.24, 2.45) is 0 Å². The van der Waals surface area contributed by atoms with Gasteiger partial charge in [-0.2, -0.15) is 4.31 Å². The predicted octanol–water partition coefficient (Wildman–Crippen LogP) is 0.832. The van der Waals surface area contributed by atoms with Gasteiger partial charge in [0, 0.05) is 26.7 Å². The minimum atomic E-state index is -4.08. The smallest absolute Gasteiger partial charge is 0.263 e. The molecule has 1 heterocycles. The lowest BCUT2D eigenvalue weighted by Gasteiger charge is -2.39. The normalized spacial score (nSPS) is 17.2. The van der Waals surface area contributed by atoms with E-state index in [4.69, 9.17) is 14.7 Å². The van der Waals surface area contributed by atoms with Crippen LogP contribution < -0.4 is 10.2 Å². The first-order valence-corrected chi connectivity index (χ1v) is 10.9. The summed E-state index contributed by atoms with van der Waals surface area (Å²) in [6.07, 6.45) is 0. The number of ether oxygens (including phenoxy) is 2. The molecule has 0 aliphatic carbocycles. The molecule has 11 heteroatoms. The average molecular weight is 449 g/mol. The van der Waals surface area contributed by atoms with Crippen LogP contribution >= 0.6 is 0 Å². The van der Waals surface area contributed by atoms with E-state index in [9.17, 15) is 18.0 Å². The van der Waals surface area contributed by atoms with E-state index in [0.29, 0.717) is 11.5 Å². The Kier molecular flexibility index (Phi) is 7.23. The lowest BCUT2D eigenvalue weighted by Crippen LogP contribution is -2.61. The van der Waals surface area contributed by atoms with E-state index in [1.54, 1.807) is 12.1 Å². The van der Waals surface area contributed by atoms with Gasteiger partial charge in [-0.05, 0) is 36.4 Å². The van der Waals surface area contributed by atoms with Gasteiger partial charge in [0.2, 0.25) is 15.9 Å². The number of amides is 2. The highest BCUT2D eigenvalue weighted by Gasteiger charge is 2.41. The number of benzene rings is 2. The minimum Gasteiger partial charge on any atom is -0.457 e. The van der Waals surface area contributed by atoms with Gasteiger partial charge >= 0.3 is 0 Å². The fourth-order valence-corrected chi connectivity index (χ4v) is 4.79. The fraction of sp³-hybridized carbons (Fsp3) is 0.300. The first-order chi connectivity index (χ1) is 14.9. The molecule has 166 valence electrons. The molecule has 2 aromatic rings. The highest BCUT2D eigenvalue weighted by molar-refractivity contribution is 7.89. The third-order valence-corrected chi connectivity index (χ3v) is 6.70. The number of hydrogen-bond donors (Lipinski definition) is 2. The molecule has 0 aromatic heterocycles. The van der Waals surface area contributed by atoms with Gasteiger partial charge < -0.3 is 14.4 Å². The second-order valence-corrected chi connectivity index (χ2v) is 8.66. The molecule has 1 unspecified atom stereocenters. The molecule has 3 rings (SSSR count). The zero-order valence-corrected chi connectivity index (χ0v) is 17.6. The van der Waals surface area contributed by atoms with E-state index < -0.39 is 22.0 Å². The Balaban J connectivity index is 1.80. The molecule has 0 radical (unpaired) electrons. The summed E-state index contributed by atoms with van der Waals surface area (Å²) >= 11 is 0. The van der Waals surface area contributed by atoms with Crippen LogP contribution in [0.3, 0.4) is 0 Å². The highest BCUT2D eigenvalue weighted by atomic mass is 32.2. The zero-order chi connectivity index (χ0) is 22.4. The van der Waals surface area contributed by atoms with Crippen LogP contribution in [0.15, 0.2) is 59.5 Å². The highest BCUT2D eigenvalue weighted by Crippen LogP contribution is 2.26. The average Bonchev–Trinajstić information content (AvgIpc) is 2.79. The standard InChI is InChI=1S/C20H23N3O7S/c1-29-14-19(24)22-11-12-23(18(13-22)20(25)21-26)31(27,28)17-9-7-16(8-10-17)30-15-5-3-2-4-6-15/h2-10,18,26H,11-14H2,1H3,(H,21,25). The molecule has 0 bridgehead atoms. The van der Waals surface area contributed by atoms with E-state index in [2.05, 4.69) is 0 Å². The Hall–Kier alpha value is -2.99. The fourth-order valence-electron chi connectivity index (χ4n) is 3.22. The van der Waals surface area contributed by atoms with Crippen molar-refractivity contribution in [3.63, 3.8) is 0 Å². The van der Waals surface area contributed by atoms with Crippen molar-refractivity contribution in [1.82, 2.24) is 14.7 Å². The van der Waals surface area contributed by atoms with Gasteiger partial charge in [0.25, 0.3) is 5.91 Å². The molecule has 2 N–H and O–H groups in total. The van der Waals surface area contributed by atoms with Gasteiger partial charge in [0.1, 0.15) is 24.1 Å². The van der Waals surface area contributed by atoms with Gasteiger partial charge in [0.15, 0.2) is 0 Å². The van der Waals surface area contributed by atoms with E-state index in [0.717, 1.165) is 4.31 Å². The third-order valence-electron chi connectivity index (χ3n) is 4.77. The van der Waals surface area contributed by atoms with Crippen LogP contribution in [-0.2, 0) is 24.3 Å². The summed E-state index contributed by atoms with van der Waals surface area (Å²) in [4.78, 5) is 25.6. The monoisotopic (exact) mass is 449 g/mol. The number of para-hydroxylation sites is 1. The summed E-state index contributed by atoms with van der Waals surface area (Å²) < 4.78 is 37.8. The Labute approximate surface area is 180 Å². The van der Waals surface area contributed by atoms with Gasteiger partial charge in [0.05, 0.1) is 4.90 Å². The number of methoxy groups -OCH3 is 1. The summed E-state index contributed by atoms with van der Waals surface area (Å²) in [7, 11) is -2.72. The Morgan fingerprint density at radius 1 is 1.06 bits per heavy atom. The number of hydroxylamine groups is 1. The number of rotatable bonds is 7. The molecule has 1 aliphatic rings. The van der Waals surface area contributed by atoms with Gasteiger partial charge in [-0.15, -0.1) is 0 Å². The van der Waals surface area contributed by atoms with Crippen LogP contribution in [0.2, 0.25) is 0 Å². The van der Waals surface area contributed by atoms with Crippen molar-refractivity contribution in [3.8, 4) is 11.5 Å². The van der Waals surface area contributed by atoms with Crippen molar-refractivity contribution in [2.75, 3.05) is 33.4 Å². The first kappa shape index (κ1) is 22.7. The Bertz CT molecular complexity index is 1010. The molecule has 0 saturated carbocycles. The number of nitrogens with one attached hydrogen (secondary N) is 1. The maximum Gasteiger partial charge on any atom is 0.263 e. The van der Waals surface area contributed by atoms with Crippen molar-refractivity contribution >= 4 is 21.8 Å². The molecule has 0 spiro atoms. The van der Waals surface area contributed by atoms with Crippen molar-refractivity contribution < 1.29 is 32.7 Å². The molecular formula is C20H23N3O7S. The van der Waals surface area contributed by atoms with Crippen LogP contribution in [0.25, 0.3) is 0 Å². The molecular weight excluding hydrogens is 426 g/mol. The van der Waals surface area contributed by atoms with Crippen LogP contribution in [0.5, 0.6) is 11.5 Å². The summed E-state index contributed by atoms with van der Waals surface area (Å²) in [5, 5.41) is 9.08. The Morgan fingerprint density at radius 2 is 1.71 bits per heavy atom. The number of piperazine rings is 1. The molecule has 10 nitrogen and oxygen atoms in total. The van der Waals surface area contributed by atoms with Gasteiger partial charge in [-0.25, -0.2) is 13.9 Å². The van der Waals surface area contributed by atoms with Crippen LogP contribution in [0, 0.1) is 0 Å². The maximum atomic E-state index is 13.2. The van der Waals surface area contributed by atoms with E-state index >= 15 is 0 Å². The molecule has 1 saturated heterocycles. The second-order valence-electron chi connectivity index (χ2n) is 6.77.